The third kappa shape index (κ3) is 4.98. The van der Waals surface area contributed by atoms with E-state index in [0.29, 0.717) is 0 Å². The standard InChI is InChI=1S/C21H13BrN2O7/c22-17-11-8-15(12-18(17)24(29)30)21(26)31-20(19(25)13-4-2-1-3-5-13)14-6-9-16(10-7-14)23(27)28/h1-12,20H/t20-/m0/s1. The summed E-state index contributed by atoms with van der Waals surface area (Å²) in [5.74, 6) is -1.50. The maximum absolute atomic E-state index is 13.0. The Hall–Kier alpha value is -3.92. The number of hydrogen-bond acceptors (Lipinski definition) is 7. The van der Waals surface area contributed by atoms with Crippen molar-refractivity contribution in [2.75, 3.05) is 0 Å². The van der Waals surface area contributed by atoms with Gasteiger partial charge in [-0.3, -0.25) is 25.0 Å². The van der Waals surface area contributed by atoms with Gasteiger partial charge < -0.3 is 4.74 Å². The highest BCUT2D eigenvalue weighted by Gasteiger charge is 2.28. The van der Waals surface area contributed by atoms with E-state index in [2.05, 4.69) is 15.9 Å². The normalized spacial score (nSPS) is 11.4. The Bertz CT molecular complexity index is 1160. The summed E-state index contributed by atoms with van der Waals surface area (Å²) in [5.41, 5.74) is -0.164. The number of hydrogen-bond donors (Lipinski definition) is 0. The Labute approximate surface area is 183 Å². The van der Waals surface area contributed by atoms with Crippen molar-refractivity contribution in [2.24, 2.45) is 0 Å². The maximum Gasteiger partial charge on any atom is 0.339 e. The number of non-ortho nitro benzene ring substituents is 1. The van der Waals surface area contributed by atoms with Gasteiger partial charge in [0.25, 0.3) is 11.4 Å². The summed E-state index contributed by atoms with van der Waals surface area (Å²) in [5, 5.41) is 22.0. The molecule has 0 unspecified atom stereocenters. The van der Waals surface area contributed by atoms with Gasteiger partial charge in [0.2, 0.25) is 5.78 Å². The van der Waals surface area contributed by atoms with Crippen molar-refractivity contribution in [1.82, 2.24) is 0 Å². The number of nitro groups is 2. The van der Waals surface area contributed by atoms with Crippen LogP contribution in [0.25, 0.3) is 0 Å². The average molecular weight is 485 g/mol. The molecule has 0 aliphatic carbocycles. The summed E-state index contributed by atoms with van der Waals surface area (Å²) in [6, 6.07) is 16.8. The Morgan fingerprint density at radius 3 is 2.06 bits per heavy atom. The molecule has 0 heterocycles. The van der Waals surface area contributed by atoms with E-state index in [4.69, 9.17) is 4.74 Å². The SMILES string of the molecule is O=C(O[C@H](C(=O)c1ccccc1)c1ccc([N+](=O)[O-])cc1)c1ccc(Br)c([N+](=O)[O-])c1. The van der Waals surface area contributed by atoms with Gasteiger partial charge in [-0.15, -0.1) is 0 Å². The molecule has 9 nitrogen and oxygen atoms in total. The molecule has 1 atom stereocenters. The van der Waals surface area contributed by atoms with Crippen LogP contribution in [0.3, 0.4) is 0 Å². The molecule has 156 valence electrons. The van der Waals surface area contributed by atoms with Gasteiger partial charge in [0.15, 0.2) is 6.10 Å². The van der Waals surface area contributed by atoms with E-state index in [1.54, 1.807) is 30.3 Å². The van der Waals surface area contributed by atoms with E-state index >= 15 is 0 Å². The Morgan fingerprint density at radius 2 is 1.48 bits per heavy atom. The predicted octanol–water partition coefficient (Wildman–Crippen LogP) is 5.05. The largest absolute Gasteiger partial charge is 0.445 e. The molecule has 31 heavy (non-hydrogen) atoms. The highest BCUT2D eigenvalue weighted by molar-refractivity contribution is 9.10. The van der Waals surface area contributed by atoms with Gasteiger partial charge in [-0.1, -0.05) is 30.3 Å². The lowest BCUT2D eigenvalue weighted by Crippen LogP contribution is -2.20. The fourth-order valence-corrected chi connectivity index (χ4v) is 3.14. The fraction of sp³-hybridized carbons (Fsp3) is 0.0476. The first-order chi connectivity index (χ1) is 14.8. The van der Waals surface area contributed by atoms with Crippen molar-refractivity contribution in [3.8, 4) is 0 Å². The van der Waals surface area contributed by atoms with Crippen LogP contribution in [0, 0.1) is 20.2 Å². The number of benzene rings is 3. The number of carbonyl (C=O) groups is 2. The van der Waals surface area contributed by atoms with Crippen molar-refractivity contribution < 1.29 is 24.2 Å². The molecule has 0 N–H and O–H groups in total. The number of halogens is 1. The summed E-state index contributed by atoms with van der Waals surface area (Å²) in [6.45, 7) is 0. The van der Waals surface area contributed by atoms with Crippen LogP contribution in [0.4, 0.5) is 11.4 Å². The molecule has 0 radical (unpaired) electrons. The molecule has 3 rings (SSSR count). The van der Waals surface area contributed by atoms with Crippen molar-refractivity contribution in [1.29, 1.82) is 0 Å². The van der Waals surface area contributed by atoms with E-state index in [1.165, 1.54) is 36.4 Å². The van der Waals surface area contributed by atoms with Gasteiger partial charge in [0.1, 0.15) is 0 Å². The van der Waals surface area contributed by atoms with Gasteiger partial charge in [0, 0.05) is 29.3 Å². The fourth-order valence-electron chi connectivity index (χ4n) is 2.75. The topological polar surface area (TPSA) is 130 Å². The van der Waals surface area contributed by atoms with Gasteiger partial charge in [-0.05, 0) is 40.2 Å². The molecule has 10 heteroatoms. The van der Waals surface area contributed by atoms with Gasteiger partial charge in [0.05, 0.1) is 19.9 Å². The van der Waals surface area contributed by atoms with Gasteiger partial charge >= 0.3 is 5.97 Å². The third-order valence-electron chi connectivity index (χ3n) is 4.31. The molecule has 3 aromatic rings. The average Bonchev–Trinajstić information content (AvgIpc) is 2.77. The zero-order valence-electron chi connectivity index (χ0n) is 15.6. The minimum Gasteiger partial charge on any atom is -0.445 e. The lowest BCUT2D eigenvalue weighted by Gasteiger charge is -2.17. The van der Waals surface area contributed by atoms with Crippen molar-refractivity contribution in [2.45, 2.75) is 6.10 Å². The third-order valence-corrected chi connectivity index (χ3v) is 4.98. The highest BCUT2D eigenvalue weighted by atomic mass is 79.9. The van der Waals surface area contributed by atoms with Crippen LogP contribution in [-0.4, -0.2) is 21.6 Å². The summed E-state index contributed by atoms with van der Waals surface area (Å²) < 4.78 is 5.60. The lowest BCUT2D eigenvalue weighted by atomic mass is 9.99. The van der Waals surface area contributed by atoms with Crippen LogP contribution in [0.15, 0.2) is 77.3 Å². The van der Waals surface area contributed by atoms with Crippen LogP contribution >= 0.6 is 15.9 Å². The Morgan fingerprint density at radius 1 is 0.839 bits per heavy atom. The van der Waals surface area contributed by atoms with Crippen LogP contribution in [0.2, 0.25) is 0 Å². The molecular weight excluding hydrogens is 472 g/mol. The smallest absolute Gasteiger partial charge is 0.339 e. The molecular formula is C21H13BrN2O7. The summed E-state index contributed by atoms with van der Waals surface area (Å²) in [6.07, 6.45) is -1.40. The number of esters is 1. The molecule has 0 saturated heterocycles. The first-order valence-electron chi connectivity index (χ1n) is 8.76. The van der Waals surface area contributed by atoms with E-state index in [-0.39, 0.29) is 32.5 Å². The molecule has 0 saturated carbocycles. The molecule has 0 aromatic heterocycles. The Kier molecular flexibility index (Phi) is 6.51. The van der Waals surface area contributed by atoms with Crippen LogP contribution in [0.1, 0.15) is 32.4 Å². The molecule has 0 spiro atoms. The highest BCUT2D eigenvalue weighted by Crippen LogP contribution is 2.29. The van der Waals surface area contributed by atoms with Crippen LogP contribution < -0.4 is 0 Å². The molecule has 3 aromatic carbocycles. The van der Waals surface area contributed by atoms with Crippen LogP contribution in [-0.2, 0) is 4.74 Å². The van der Waals surface area contributed by atoms with E-state index in [9.17, 15) is 29.8 Å². The monoisotopic (exact) mass is 484 g/mol. The molecule has 0 bridgehead atoms. The second-order valence-corrected chi connectivity index (χ2v) is 7.14. The minimum absolute atomic E-state index is 0.123. The summed E-state index contributed by atoms with van der Waals surface area (Å²) in [7, 11) is 0. The summed E-state index contributed by atoms with van der Waals surface area (Å²) >= 11 is 3.04. The number of nitrogens with zero attached hydrogens (tertiary/aromatic N) is 2. The Balaban J connectivity index is 1.97. The molecule has 0 amide bonds. The van der Waals surface area contributed by atoms with Gasteiger partial charge in [-0.2, -0.15) is 0 Å². The number of nitro benzene ring substituents is 2. The zero-order valence-corrected chi connectivity index (χ0v) is 17.2. The first kappa shape index (κ1) is 21.8. The zero-order chi connectivity index (χ0) is 22.5. The van der Waals surface area contributed by atoms with Crippen molar-refractivity contribution >= 4 is 39.1 Å². The molecule has 0 fully saturated rings. The van der Waals surface area contributed by atoms with E-state index in [0.717, 1.165) is 6.07 Å². The van der Waals surface area contributed by atoms with E-state index < -0.39 is 27.7 Å². The summed E-state index contributed by atoms with van der Waals surface area (Å²) in [4.78, 5) is 46.5. The minimum atomic E-state index is -1.40. The number of Topliss-reactive ketones (excluding diaryl/α,β-unsaturated/α-hetero) is 1. The number of ketones is 1. The second-order valence-electron chi connectivity index (χ2n) is 6.29. The number of ether oxygens (including phenoxy) is 1. The number of rotatable bonds is 7. The predicted molar refractivity (Wildman–Crippen MR) is 113 cm³/mol. The lowest BCUT2D eigenvalue weighted by molar-refractivity contribution is -0.385. The van der Waals surface area contributed by atoms with Crippen molar-refractivity contribution in [3.05, 3.63) is 114 Å². The van der Waals surface area contributed by atoms with Gasteiger partial charge in [-0.25, -0.2) is 4.79 Å². The van der Waals surface area contributed by atoms with Crippen LogP contribution in [0.5, 0.6) is 0 Å². The quantitative estimate of drug-likeness (QED) is 0.198. The van der Waals surface area contributed by atoms with E-state index in [1.807, 2.05) is 0 Å². The molecule has 0 aliphatic rings. The molecule has 0 aliphatic heterocycles. The maximum atomic E-state index is 13.0. The van der Waals surface area contributed by atoms with Crippen molar-refractivity contribution in [3.63, 3.8) is 0 Å². The number of carbonyl (C=O) groups excluding carboxylic acids is 2. The second kappa shape index (κ2) is 9.26. The first-order valence-corrected chi connectivity index (χ1v) is 9.56.